The first-order chi connectivity index (χ1) is 18.7. The molecule has 2 fully saturated rings. The minimum atomic E-state index is -0.510. The molecule has 4 aromatic heterocycles. The van der Waals surface area contributed by atoms with Gasteiger partial charge in [0.15, 0.2) is 0 Å². The second-order valence-corrected chi connectivity index (χ2v) is 11.5. The number of ether oxygens (including phenoxy) is 1. The van der Waals surface area contributed by atoms with Crippen molar-refractivity contribution in [2.75, 3.05) is 4.90 Å². The van der Waals surface area contributed by atoms with Crippen molar-refractivity contribution in [3.8, 4) is 28.3 Å². The maximum absolute atomic E-state index is 12.3. The highest BCUT2D eigenvalue weighted by Crippen LogP contribution is 2.39. The minimum absolute atomic E-state index is 0.0997. The summed E-state index contributed by atoms with van der Waals surface area (Å²) in [7, 11) is 1.89. The monoisotopic (exact) mass is 524 g/mol. The number of hydrogen-bond acceptors (Lipinski definition) is 7. The Hall–Kier alpha value is -4.39. The van der Waals surface area contributed by atoms with E-state index in [0.717, 1.165) is 59.3 Å². The van der Waals surface area contributed by atoms with Crippen LogP contribution in [-0.2, 0) is 11.8 Å². The Bertz CT molecular complexity index is 1560. The molecular weight excluding hydrogens is 492 g/mol. The Morgan fingerprint density at radius 2 is 1.82 bits per heavy atom. The van der Waals surface area contributed by atoms with Gasteiger partial charge in [0.05, 0.1) is 23.5 Å². The predicted molar refractivity (Wildman–Crippen MR) is 147 cm³/mol. The molecule has 6 rings (SSSR count). The SMILES string of the molecule is Cn1cc(-c2cc(-c3ccc(N4C5CC[C@@H]4C[C@H](NC(=O)OC(C)(C)C)C5)nc3)c3c(C#N)cnn3c2)cn1. The molecule has 2 bridgehead atoms. The van der Waals surface area contributed by atoms with Gasteiger partial charge in [-0.1, -0.05) is 0 Å². The van der Waals surface area contributed by atoms with Gasteiger partial charge >= 0.3 is 6.09 Å². The third-order valence-electron chi connectivity index (χ3n) is 7.55. The summed E-state index contributed by atoms with van der Waals surface area (Å²) in [6, 6.07) is 9.23. The van der Waals surface area contributed by atoms with Crippen molar-refractivity contribution in [1.29, 1.82) is 5.26 Å². The number of fused-ring (bicyclic) bond motifs is 3. The number of hydrogen-bond donors (Lipinski definition) is 1. The molecule has 10 heteroatoms. The highest BCUT2D eigenvalue weighted by molar-refractivity contribution is 5.87. The summed E-state index contributed by atoms with van der Waals surface area (Å²) in [5.74, 6) is 0.940. The van der Waals surface area contributed by atoms with Gasteiger partial charge in [-0.05, 0) is 64.7 Å². The van der Waals surface area contributed by atoms with E-state index < -0.39 is 5.60 Å². The smallest absolute Gasteiger partial charge is 0.407 e. The van der Waals surface area contributed by atoms with Crippen molar-refractivity contribution >= 4 is 17.4 Å². The number of pyridine rings is 2. The van der Waals surface area contributed by atoms with Gasteiger partial charge in [-0.15, -0.1) is 0 Å². The first-order valence-electron chi connectivity index (χ1n) is 13.3. The number of rotatable bonds is 4. The van der Waals surface area contributed by atoms with Crippen LogP contribution >= 0.6 is 0 Å². The van der Waals surface area contributed by atoms with Crippen LogP contribution in [0.5, 0.6) is 0 Å². The summed E-state index contributed by atoms with van der Waals surface area (Å²) in [5, 5.41) is 21.5. The number of anilines is 1. The lowest BCUT2D eigenvalue weighted by Gasteiger charge is -2.40. The lowest BCUT2D eigenvalue weighted by molar-refractivity contribution is 0.0492. The van der Waals surface area contributed by atoms with Gasteiger partial charge in [-0.2, -0.15) is 15.5 Å². The number of amides is 1. The van der Waals surface area contributed by atoms with Crippen molar-refractivity contribution in [2.45, 2.75) is 70.2 Å². The molecule has 0 aromatic carbocycles. The van der Waals surface area contributed by atoms with E-state index in [0.29, 0.717) is 17.6 Å². The highest BCUT2D eigenvalue weighted by atomic mass is 16.6. The molecule has 0 spiro atoms. The van der Waals surface area contributed by atoms with Gasteiger partial charge in [0.25, 0.3) is 0 Å². The van der Waals surface area contributed by atoms with Crippen LogP contribution in [0.4, 0.5) is 10.6 Å². The normalized spacial score (nSPS) is 20.7. The van der Waals surface area contributed by atoms with Crippen molar-refractivity contribution in [1.82, 2.24) is 29.7 Å². The van der Waals surface area contributed by atoms with E-state index in [1.54, 1.807) is 15.4 Å². The number of alkyl carbamates (subject to hydrolysis) is 1. The van der Waals surface area contributed by atoms with Crippen LogP contribution in [0.3, 0.4) is 0 Å². The zero-order valence-corrected chi connectivity index (χ0v) is 22.6. The first kappa shape index (κ1) is 24.9. The van der Waals surface area contributed by atoms with E-state index in [1.807, 2.05) is 52.6 Å². The quantitative estimate of drug-likeness (QED) is 0.412. The Labute approximate surface area is 227 Å². The summed E-state index contributed by atoms with van der Waals surface area (Å²) in [5.41, 5.74) is 4.51. The molecule has 2 aliphatic heterocycles. The van der Waals surface area contributed by atoms with Crippen molar-refractivity contribution < 1.29 is 9.53 Å². The summed E-state index contributed by atoms with van der Waals surface area (Å²) in [4.78, 5) is 19.6. The fourth-order valence-corrected chi connectivity index (χ4v) is 5.99. The predicted octanol–water partition coefficient (Wildman–Crippen LogP) is 4.69. The van der Waals surface area contributed by atoms with Crippen molar-refractivity contribution in [3.05, 3.63) is 54.7 Å². The molecular formula is C29H32N8O2. The van der Waals surface area contributed by atoms with E-state index in [9.17, 15) is 10.1 Å². The number of carbonyl (C=O) groups is 1. The first-order valence-corrected chi connectivity index (χ1v) is 13.3. The molecule has 2 aliphatic rings. The Balaban J connectivity index is 1.26. The molecule has 2 saturated heterocycles. The fraction of sp³-hybridized carbons (Fsp3) is 0.414. The average molecular weight is 525 g/mol. The molecule has 39 heavy (non-hydrogen) atoms. The molecule has 4 aromatic rings. The van der Waals surface area contributed by atoms with E-state index in [1.165, 1.54) is 0 Å². The summed E-state index contributed by atoms with van der Waals surface area (Å²) >= 11 is 0. The van der Waals surface area contributed by atoms with Gasteiger partial charge < -0.3 is 15.0 Å². The molecule has 0 radical (unpaired) electrons. The molecule has 0 saturated carbocycles. The summed E-state index contributed by atoms with van der Waals surface area (Å²) in [6.07, 6.45) is 12.7. The summed E-state index contributed by atoms with van der Waals surface area (Å²) < 4.78 is 8.99. The zero-order chi connectivity index (χ0) is 27.3. The van der Waals surface area contributed by atoms with Crippen LogP contribution in [0.1, 0.15) is 52.0 Å². The highest BCUT2D eigenvalue weighted by Gasteiger charge is 2.42. The van der Waals surface area contributed by atoms with Gasteiger partial charge in [-0.25, -0.2) is 14.3 Å². The number of nitrogens with zero attached hydrogens (tertiary/aromatic N) is 7. The molecule has 10 nitrogen and oxygen atoms in total. The number of nitrogens with one attached hydrogen (secondary N) is 1. The van der Waals surface area contributed by atoms with Gasteiger partial charge in [0.2, 0.25) is 0 Å². The van der Waals surface area contributed by atoms with Crippen LogP contribution in [0, 0.1) is 11.3 Å². The Morgan fingerprint density at radius 3 is 2.44 bits per heavy atom. The number of aromatic nitrogens is 5. The molecule has 3 atom stereocenters. The molecule has 1 amide bonds. The van der Waals surface area contributed by atoms with Gasteiger partial charge in [0.1, 0.15) is 17.5 Å². The summed E-state index contributed by atoms with van der Waals surface area (Å²) in [6.45, 7) is 5.63. The van der Waals surface area contributed by atoms with Crippen LogP contribution in [-0.4, -0.2) is 54.2 Å². The van der Waals surface area contributed by atoms with E-state index in [2.05, 4.69) is 44.7 Å². The zero-order valence-electron chi connectivity index (χ0n) is 22.6. The van der Waals surface area contributed by atoms with Crippen LogP contribution < -0.4 is 10.2 Å². The standard InChI is InChI=1S/C29H32N8O2/c1-29(2,3)39-28(38)34-22-10-23-6-7-24(11-22)37(23)26-8-5-18(13-31-26)25-9-19(21-15-32-35(4)16-21)17-36-27(25)20(12-30)14-33-36/h5,8-9,13-17,22-24H,6-7,10-11H2,1-4H3,(H,34,38)/t22-,23+,24?/m0/s1. The second-order valence-electron chi connectivity index (χ2n) is 11.5. The Kier molecular flexibility index (Phi) is 6.02. The second kappa shape index (κ2) is 9.42. The molecule has 200 valence electrons. The van der Waals surface area contributed by atoms with E-state index in [-0.39, 0.29) is 12.1 Å². The van der Waals surface area contributed by atoms with Crippen molar-refractivity contribution in [2.24, 2.45) is 7.05 Å². The largest absolute Gasteiger partial charge is 0.444 e. The van der Waals surface area contributed by atoms with Crippen molar-refractivity contribution in [3.63, 3.8) is 0 Å². The number of piperidine rings is 1. The Morgan fingerprint density at radius 1 is 1.05 bits per heavy atom. The van der Waals surface area contributed by atoms with E-state index in [4.69, 9.17) is 9.72 Å². The lowest BCUT2D eigenvalue weighted by atomic mass is 9.97. The lowest BCUT2D eigenvalue weighted by Crippen LogP contribution is -2.51. The van der Waals surface area contributed by atoms with E-state index >= 15 is 0 Å². The topological polar surface area (TPSA) is 113 Å². The van der Waals surface area contributed by atoms with Gasteiger partial charge in [0, 0.05) is 66.0 Å². The maximum Gasteiger partial charge on any atom is 0.407 e. The number of nitriles is 1. The molecule has 0 aliphatic carbocycles. The maximum atomic E-state index is 12.3. The van der Waals surface area contributed by atoms with Gasteiger partial charge in [-0.3, -0.25) is 4.68 Å². The average Bonchev–Trinajstić information content (AvgIpc) is 3.58. The molecule has 1 N–H and O–H groups in total. The van der Waals surface area contributed by atoms with Crippen LogP contribution in [0.2, 0.25) is 0 Å². The third kappa shape index (κ3) is 4.80. The number of aryl methyl sites for hydroxylation is 1. The third-order valence-corrected chi connectivity index (χ3v) is 7.55. The van der Waals surface area contributed by atoms with Crippen LogP contribution in [0.15, 0.2) is 49.2 Å². The fourth-order valence-electron chi connectivity index (χ4n) is 5.99. The molecule has 6 heterocycles. The van der Waals surface area contributed by atoms with Crippen LogP contribution in [0.25, 0.3) is 27.8 Å². The molecule has 1 unspecified atom stereocenters. The minimum Gasteiger partial charge on any atom is -0.444 e. The number of carbonyl (C=O) groups excluding carboxylic acids is 1.